The van der Waals surface area contributed by atoms with Gasteiger partial charge in [0.05, 0.1) is 34.4 Å². The number of halogens is 2. The van der Waals surface area contributed by atoms with E-state index >= 15 is 0 Å². The van der Waals surface area contributed by atoms with Gasteiger partial charge in [-0.1, -0.05) is 81.2 Å². The molecular formula is C33H43Cl2N5O6S2. The van der Waals surface area contributed by atoms with Crippen molar-refractivity contribution in [3.8, 4) is 5.75 Å². The number of benzene rings is 2. The molecule has 2 heterocycles. The van der Waals surface area contributed by atoms with Gasteiger partial charge in [0.25, 0.3) is 0 Å². The van der Waals surface area contributed by atoms with E-state index in [9.17, 15) is 28.2 Å². The molecule has 48 heavy (non-hydrogen) atoms. The summed E-state index contributed by atoms with van der Waals surface area (Å²) in [6, 6.07) is 9.51. The van der Waals surface area contributed by atoms with Crippen LogP contribution in [-0.4, -0.2) is 94.0 Å². The van der Waals surface area contributed by atoms with Gasteiger partial charge >= 0.3 is 6.03 Å². The number of carbonyl (C=O) groups excluding carboxylic acids is 2. The molecule has 3 aromatic rings. The molecule has 1 saturated heterocycles. The second-order valence-corrected chi connectivity index (χ2v) is 16.6. The predicted molar refractivity (Wildman–Crippen MR) is 188 cm³/mol. The number of nitrogens with one attached hydrogen (secondary N) is 1. The summed E-state index contributed by atoms with van der Waals surface area (Å²) >= 11 is 13.7. The van der Waals surface area contributed by atoms with Crippen LogP contribution < -0.4 is 5.32 Å². The Labute approximate surface area is 296 Å². The van der Waals surface area contributed by atoms with Gasteiger partial charge in [0.2, 0.25) is 15.9 Å². The Kier molecular flexibility index (Phi) is 12.8. The van der Waals surface area contributed by atoms with Crippen molar-refractivity contribution in [1.82, 2.24) is 24.4 Å². The third kappa shape index (κ3) is 9.19. The number of rotatable bonds is 15. The normalized spacial score (nSPS) is 15.9. The lowest BCUT2D eigenvalue weighted by atomic mass is 9.97. The number of thiazole rings is 1. The Morgan fingerprint density at radius 3 is 2.40 bits per heavy atom. The second kappa shape index (κ2) is 16.2. The summed E-state index contributed by atoms with van der Waals surface area (Å²) in [6.45, 7) is 9.97. The first-order valence-electron chi connectivity index (χ1n) is 15.8. The molecule has 262 valence electrons. The molecule has 0 bridgehead atoms. The van der Waals surface area contributed by atoms with Gasteiger partial charge in [-0.05, 0) is 42.9 Å². The SMILES string of the molecule is Cc1nc(CN2CCN(C(C(=O)N[C@@H](Cc3ccccc3)[C@H](O)CN(CC(C)C)S(=O)(=O)c3cc(Cl)cc(Cl)c3O)C(C)C)C2=O)cs1. The minimum absolute atomic E-state index is 0.000212. The van der Waals surface area contributed by atoms with Gasteiger partial charge in [0.15, 0.2) is 5.75 Å². The number of aliphatic hydroxyl groups is 1. The molecule has 15 heteroatoms. The van der Waals surface area contributed by atoms with Crippen LogP contribution in [-0.2, 0) is 27.8 Å². The van der Waals surface area contributed by atoms with E-state index in [4.69, 9.17) is 23.2 Å². The number of phenols is 1. The molecule has 0 saturated carbocycles. The van der Waals surface area contributed by atoms with Gasteiger partial charge < -0.3 is 25.3 Å². The van der Waals surface area contributed by atoms with Crippen LogP contribution in [0, 0.1) is 18.8 Å². The maximum absolute atomic E-state index is 14.1. The summed E-state index contributed by atoms with van der Waals surface area (Å²) in [5.74, 6) is -1.53. The van der Waals surface area contributed by atoms with Gasteiger partial charge in [0, 0.05) is 36.6 Å². The molecule has 3 amide bonds. The molecule has 1 aromatic heterocycles. The molecule has 4 rings (SSSR count). The molecule has 1 unspecified atom stereocenters. The standard InChI is InChI=1S/C33H43Cl2N5O6S2/c1-20(2)16-39(48(45,46)29-15-24(34)14-26(35)31(29)42)18-28(41)27(13-23-9-7-6-8-10-23)37-32(43)30(21(3)4)40-12-11-38(33(40)44)17-25-19-47-22(5)36-25/h6-10,14-15,19-21,27-28,30,41-42H,11-13,16-18H2,1-5H3,(H,37,43)/t27-,28+,30?/m0/s1. The fourth-order valence-electron chi connectivity index (χ4n) is 5.80. The van der Waals surface area contributed by atoms with E-state index < -0.39 is 51.3 Å². The number of sulfonamides is 1. The minimum atomic E-state index is -4.40. The van der Waals surface area contributed by atoms with Gasteiger partial charge in [-0.15, -0.1) is 11.3 Å². The Hall–Kier alpha value is -2.94. The number of phenolic OH excluding ortho intramolecular Hbond substituents is 1. The van der Waals surface area contributed by atoms with Gasteiger partial charge in [-0.3, -0.25) is 4.79 Å². The molecule has 1 fully saturated rings. The van der Waals surface area contributed by atoms with E-state index in [1.807, 2.05) is 70.3 Å². The van der Waals surface area contributed by atoms with Crippen LogP contribution in [0.25, 0.3) is 0 Å². The fourth-order valence-corrected chi connectivity index (χ4v) is 8.77. The molecule has 2 aromatic carbocycles. The average molecular weight is 741 g/mol. The van der Waals surface area contributed by atoms with Gasteiger partial charge in [-0.2, -0.15) is 4.31 Å². The van der Waals surface area contributed by atoms with E-state index in [1.165, 1.54) is 17.4 Å². The van der Waals surface area contributed by atoms with Crippen molar-refractivity contribution in [2.45, 2.75) is 70.7 Å². The molecule has 1 aliphatic rings. The number of hydrogen-bond donors (Lipinski definition) is 3. The quantitative estimate of drug-likeness (QED) is 0.195. The molecule has 0 spiro atoms. The monoisotopic (exact) mass is 739 g/mol. The molecule has 3 atom stereocenters. The van der Waals surface area contributed by atoms with Crippen LogP contribution in [0.2, 0.25) is 10.0 Å². The summed E-state index contributed by atoms with van der Waals surface area (Å²) in [7, 11) is -4.40. The molecule has 3 N–H and O–H groups in total. The van der Waals surface area contributed by atoms with Gasteiger partial charge in [-0.25, -0.2) is 18.2 Å². The maximum Gasteiger partial charge on any atom is 0.321 e. The Bertz CT molecular complexity index is 1690. The van der Waals surface area contributed by atoms with Crippen LogP contribution >= 0.6 is 34.5 Å². The number of carbonyl (C=O) groups is 2. The number of aromatic hydroxyl groups is 1. The van der Waals surface area contributed by atoms with Crippen molar-refractivity contribution in [1.29, 1.82) is 0 Å². The first-order chi connectivity index (χ1) is 22.6. The third-order valence-corrected chi connectivity index (χ3v) is 11.2. The zero-order valence-electron chi connectivity index (χ0n) is 27.6. The van der Waals surface area contributed by atoms with E-state index in [0.29, 0.717) is 19.6 Å². The lowest BCUT2D eigenvalue weighted by Crippen LogP contribution is -2.57. The number of aryl methyl sites for hydroxylation is 1. The first kappa shape index (κ1) is 37.9. The highest BCUT2D eigenvalue weighted by atomic mass is 35.5. The van der Waals surface area contributed by atoms with E-state index in [-0.39, 0.29) is 40.9 Å². The van der Waals surface area contributed by atoms with Crippen LogP contribution in [0.3, 0.4) is 0 Å². The van der Waals surface area contributed by atoms with Crippen molar-refractivity contribution in [3.63, 3.8) is 0 Å². The zero-order chi connectivity index (χ0) is 35.3. The van der Waals surface area contributed by atoms with E-state index in [0.717, 1.165) is 26.6 Å². The lowest BCUT2D eigenvalue weighted by molar-refractivity contribution is -0.128. The van der Waals surface area contributed by atoms with Crippen molar-refractivity contribution < 1.29 is 28.2 Å². The topological polar surface area (TPSA) is 143 Å². The summed E-state index contributed by atoms with van der Waals surface area (Å²) in [5.41, 5.74) is 1.60. The number of amides is 3. The highest BCUT2D eigenvalue weighted by Crippen LogP contribution is 2.36. The van der Waals surface area contributed by atoms with Crippen molar-refractivity contribution in [3.05, 3.63) is 74.2 Å². The lowest BCUT2D eigenvalue weighted by Gasteiger charge is -2.34. The summed E-state index contributed by atoms with van der Waals surface area (Å²) in [6.07, 6.45) is -1.20. The summed E-state index contributed by atoms with van der Waals surface area (Å²) in [5, 5.41) is 27.9. The third-order valence-electron chi connectivity index (χ3n) is 8.04. The fraction of sp³-hybridized carbons (Fsp3) is 0.485. The molecule has 11 nitrogen and oxygen atoms in total. The number of aromatic nitrogens is 1. The van der Waals surface area contributed by atoms with Gasteiger partial charge in [0.1, 0.15) is 10.9 Å². The highest BCUT2D eigenvalue weighted by molar-refractivity contribution is 7.89. The predicted octanol–water partition coefficient (Wildman–Crippen LogP) is 5.16. The highest BCUT2D eigenvalue weighted by Gasteiger charge is 2.41. The molecule has 0 radical (unpaired) electrons. The Balaban J connectivity index is 1.60. The van der Waals surface area contributed by atoms with Crippen LogP contribution in [0.15, 0.2) is 52.7 Å². The Morgan fingerprint density at radius 2 is 1.79 bits per heavy atom. The zero-order valence-corrected chi connectivity index (χ0v) is 30.8. The minimum Gasteiger partial charge on any atom is -0.505 e. The van der Waals surface area contributed by atoms with E-state index in [1.54, 1.807) is 9.80 Å². The van der Waals surface area contributed by atoms with Crippen molar-refractivity contribution in [2.24, 2.45) is 11.8 Å². The van der Waals surface area contributed by atoms with E-state index in [2.05, 4.69) is 10.3 Å². The molecule has 0 aliphatic carbocycles. The van der Waals surface area contributed by atoms with Crippen LogP contribution in [0.1, 0.15) is 44.0 Å². The largest absolute Gasteiger partial charge is 0.505 e. The Morgan fingerprint density at radius 1 is 1.10 bits per heavy atom. The second-order valence-electron chi connectivity index (χ2n) is 12.8. The smallest absolute Gasteiger partial charge is 0.321 e. The summed E-state index contributed by atoms with van der Waals surface area (Å²) < 4.78 is 28.9. The summed E-state index contributed by atoms with van der Waals surface area (Å²) in [4.78, 5) is 34.8. The number of nitrogens with zero attached hydrogens (tertiary/aromatic N) is 4. The van der Waals surface area contributed by atoms with Crippen LogP contribution in [0.4, 0.5) is 4.79 Å². The average Bonchev–Trinajstić information content (AvgIpc) is 3.58. The molecular weight excluding hydrogens is 697 g/mol. The number of hydrogen-bond acceptors (Lipinski definition) is 8. The maximum atomic E-state index is 14.1. The number of aliphatic hydroxyl groups excluding tert-OH is 1. The van der Waals surface area contributed by atoms with Crippen molar-refractivity contribution >= 4 is 56.5 Å². The number of urea groups is 1. The first-order valence-corrected chi connectivity index (χ1v) is 18.8. The molecule has 1 aliphatic heterocycles. The van der Waals surface area contributed by atoms with Crippen LogP contribution in [0.5, 0.6) is 5.75 Å². The van der Waals surface area contributed by atoms with Crippen molar-refractivity contribution in [2.75, 3.05) is 26.2 Å².